The maximum absolute atomic E-state index is 15.6. The van der Waals surface area contributed by atoms with Crippen LogP contribution in [0.3, 0.4) is 0 Å². The van der Waals surface area contributed by atoms with Crippen molar-refractivity contribution in [1.82, 2.24) is 14.7 Å². The van der Waals surface area contributed by atoms with Crippen molar-refractivity contribution in [1.29, 1.82) is 5.26 Å². The highest BCUT2D eigenvalue weighted by Gasteiger charge is 2.30. The molecular formula is C28H28F2N6O2S2. The molecule has 0 aliphatic carbocycles. The van der Waals surface area contributed by atoms with Crippen LogP contribution in [0, 0.1) is 23.0 Å². The molecule has 1 N–H and O–H groups in total. The zero-order valence-electron chi connectivity index (χ0n) is 22.4. The molecule has 2 aromatic carbocycles. The number of fused-ring (bicyclic) bond motifs is 1. The molecule has 208 valence electrons. The molecule has 40 heavy (non-hydrogen) atoms. The van der Waals surface area contributed by atoms with Crippen molar-refractivity contribution in [2.75, 3.05) is 35.7 Å². The van der Waals surface area contributed by atoms with Gasteiger partial charge in [0.2, 0.25) is 10.0 Å². The van der Waals surface area contributed by atoms with Gasteiger partial charge in [-0.05, 0) is 55.3 Å². The highest BCUT2D eigenvalue weighted by atomic mass is 32.2. The maximum Gasteiger partial charge on any atom is 0.209 e. The minimum atomic E-state index is -3.34. The number of hydrogen-bond donors (Lipinski definition) is 1. The van der Waals surface area contributed by atoms with E-state index in [-0.39, 0.29) is 23.3 Å². The Morgan fingerprint density at radius 2 is 1.88 bits per heavy atom. The average molecular weight is 583 g/mol. The Labute approximate surface area is 236 Å². The molecule has 12 heteroatoms. The fourth-order valence-electron chi connectivity index (χ4n) is 4.75. The number of pyridine rings is 1. The lowest BCUT2D eigenvalue weighted by Crippen LogP contribution is -2.59. The molecule has 0 unspecified atom stereocenters. The molecule has 0 saturated carbocycles. The summed E-state index contributed by atoms with van der Waals surface area (Å²) in [4.78, 5) is 13.6. The standard InChI is InChI=1S/C28H28F2N6O2S2/c1-5-36(28-33-26(25(13-31)39-28)17-6-8-18(29)9-7-17)24-12-23(16(2)3)32-27-21(24)10-20(11-22(27)30)35-14-19(15-35)34-40(4,37)38/h6-12,16,19,34H,5,14-15H2,1-4H3. The lowest BCUT2D eigenvalue weighted by Gasteiger charge is -2.41. The first-order chi connectivity index (χ1) is 19.0. The summed E-state index contributed by atoms with van der Waals surface area (Å²) in [6, 6.07) is 13.0. The van der Waals surface area contributed by atoms with Crippen molar-refractivity contribution in [3.05, 3.63) is 64.7 Å². The Kier molecular flexibility index (Phi) is 7.48. The van der Waals surface area contributed by atoms with Crippen LogP contribution in [0.1, 0.15) is 37.3 Å². The summed E-state index contributed by atoms with van der Waals surface area (Å²) in [5.41, 5.74) is 3.35. The van der Waals surface area contributed by atoms with E-state index in [0.717, 1.165) is 6.26 Å². The van der Waals surface area contributed by atoms with Crippen LogP contribution in [0.25, 0.3) is 22.2 Å². The predicted molar refractivity (Wildman–Crippen MR) is 155 cm³/mol. The van der Waals surface area contributed by atoms with Gasteiger partial charge in [0.1, 0.15) is 28.0 Å². The van der Waals surface area contributed by atoms with Gasteiger partial charge in [0.15, 0.2) is 10.9 Å². The summed E-state index contributed by atoms with van der Waals surface area (Å²) in [7, 11) is -3.34. The van der Waals surface area contributed by atoms with Crippen molar-refractivity contribution in [2.24, 2.45) is 0 Å². The number of thiazole rings is 1. The number of nitrogens with one attached hydrogen (secondary N) is 1. The van der Waals surface area contributed by atoms with E-state index < -0.39 is 15.8 Å². The van der Waals surface area contributed by atoms with Gasteiger partial charge in [-0.1, -0.05) is 25.2 Å². The molecular weight excluding hydrogens is 554 g/mol. The lowest BCUT2D eigenvalue weighted by molar-refractivity contribution is 0.470. The molecule has 0 bridgehead atoms. The largest absolute Gasteiger partial charge is 0.368 e. The number of halogens is 2. The number of nitriles is 1. The van der Waals surface area contributed by atoms with E-state index in [2.05, 4.69) is 15.8 Å². The molecule has 1 aliphatic rings. The van der Waals surface area contributed by atoms with E-state index in [9.17, 15) is 18.1 Å². The summed E-state index contributed by atoms with van der Waals surface area (Å²) in [5.74, 6) is -0.827. The molecule has 0 spiro atoms. The Hall–Kier alpha value is -3.66. The first-order valence-electron chi connectivity index (χ1n) is 12.8. The summed E-state index contributed by atoms with van der Waals surface area (Å²) in [6.07, 6.45) is 1.12. The van der Waals surface area contributed by atoms with E-state index in [4.69, 9.17) is 4.98 Å². The van der Waals surface area contributed by atoms with E-state index in [1.54, 1.807) is 12.1 Å². The minimum Gasteiger partial charge on any atom is -0.368 e. The summed E-state index contributed by atoms with van der Waals surface area (Å²) < 4.78 is 54.9. The monoisotopic (exact) mass is 582 g/mol. The number of rotatable bonds is 8. The SMILES string of the molecule is CCN(c1nc(-c2ccc(F)cc2)c(C#N)s1)c1cc(C(C)C)nc2c(F)cc(N3CC(NS(C)(=O)=O)C3)cc12. The van der Waals surface area contributed by atoms with Crippen LogP contribution >= 0.6 is 11.3 Å². The van der Waals surface area contributed by atoms with Crippen molar-refractivity contribution in [3.63, 3.8) is 0 Å². The average Bonchev–Trinajstić information content (AvgIpc) is 3.30. The van der Waals surface area contributed by atoms with E-state index in [1.165, 1.54) is 29.5 Å². The van der Waals surface area contributed by atoms with Gasteiger partial charge in [-0.25, -0.2) is 31.9 Å². The van der Waals surface area contributed by atoms with Crippen molar-refractivity contribution < 1.29 is 17.2 Å². The number of sulfonamides is 1. The van der Waals surface area contributed by atoms with Crippen LogP contribution in [-0.4, -0.2) is 50.3 Å². The zero-order chi connectivity index (χ0) is 28.8. The molecule has 1 aliphatic heterocycles. The minimum absolute atomic E-state index is 0.0277. The third kappa shape index (κ3) is 5.50. The number of aromatic nitrogens is 2. The maximum atomic E-state index is 15.6. The van der Waals surface area contributed by atoms with Crippen LogP contribution in [0.5, 0.6) is 0 Å². The molecule has 4 aromatic rings. The summed E-state index contributed by atoms with van der Waals surface area (Å²) >= 11 is 1.22. The van der Waals surface area contributed by atoms with Gasteiger partial charge in [0.25, 0.3) is 0 Å². The van der Waals surface area contributed by atoms with Crippen LogP contribution < -0.4 is 14.5 Å². The highest BCUT2D eigenvalue weighted by molar-refractivity contribution is 7.88. The number of anilines is 3. The van der Waals surface area contributed by atoms with Crippen LogP contribution in [0.2, 0.25) is 0 Å². The van der Waals surface area contributed by atoms with Gasteiger partial charge in [-0.3, -0.25) is 0 Å². The van der Waals surface area contributed by atoms with Gasteiger partial charge in [-0.2, -0.15) is 5.26 Å². The van der Waals surface area contributed by atoms with Crippen molar-refractivity contribution in [2.45, 2.75) is 32.7 Å². The first kappa shape index (κ1) is 27.9. The molecule has 0 radical (unpaired) electrons. The topological polar surface area (TPSA) is 102 Å². The number of benzene rings is 2. The fraction of sp³-hybridized carbons (Fsp3) is 0.321. The van der Waals surface area contributed by atoms with Crippen LogP contribution in [0.4, 0.5) is 25.3 Å². The molecule has 3 heterocycles. The predicted octanol–water partition coefficient (Wildman–Crippen LogP) is 5.53. The second kappa shape index (κ2) is 10.7. The lowest BCUT2D eigenvalue weighted by atomic mass is 10.0. The zero-order valence-corrected chi connectivity index (χ0v) is 24.1. The normalized spacial score (nSPS) is 14.0. The van der Waals surface area contributed by atoms with E-state index >= 15 is 4.39 Å². The number of hydrogen-bond acceptors (Lipinski definition) is 8. The summed E-state index contributed by atoms with van der Waals surface area (Å²) in [6.45, 7) is 7.23. The van der Waals surface area contributed by atoms with Crippen molar-refractivity contribution in [3.8, 4) is 17.3 Å². The Balaban J connectivity index is 1.61. The third-order valence-electron chi connectivity index (χ3n) is 6.74. The van der Waals surface area contributed by atoms with Crippen molar-refractivity contribution >= 4 is 48.8 Å². The van der Waals surface area contributed by atoms with Gasteiger partial charge < -0.3 is 9.80 Å². The molecule has 8 nitrogen and oxygen atoms in total. The molecule has 0 atom stereocenters. The van der Waals surface area contributed by atoms with Crippen LogP contribution in [0.15, 0.2) is 42.5 Å². The molecule has 2 aromatic heterocycles. The second-order valence-electron chi connectivity index (χ2n) is 10.1. The fourth-order valence-corrected chi connectivity index (χ4v) is 6.47. The van der Waals surface area contributed by atoms with Gasteiger partial charge in [-0.15, -0.1) is 0 Å². The van der Waals surface area contributed by atoms with E-state index in [1.807, 2.05) is 42.7 Å². The first-order valence-corrected chi connectivity index (χ1v) is 15.5. The Bertz CT molecular complexity index is 1730. The quantitative estimate of drug-likeness (QED) is 0.292. The Morgan fingerprint density at radius 3 is 2.48 bits per heavy atom. The van der Waals surface area contributed by atoms with E-state index in [0.29, 0.717) is 63.4 Å². The third-order valence-corrected chi connectivity index (χ3v) is 8.49. The number of nitrogens with zero attached hydrogens (tertiary/aromatic N) is 5. The molecule has 1 saturated heterocycles. The molecule has 5 rings (SSSR count). The van der Waals surface area contributed by atoms with Gasteiger partial charge in [0.05, 0.1) is 18.0 Å². The summed E-state index contributed by atoms with van der Waals surface area (Å²) in [5, 5.41) is 11.0. The van der Waals surface area contributed by atoms with Gasteiger partial charge in [0, 0.05) is 42.0 Å². The van der Waals surface area contributed by atoms with Gasteiger partial charge >= 0.3 is 0 Å². The van der Waals surface area contributed by atoms with Crippen LogP contribution in [-0.2, 0) is 10.0 Å². The molecule has 1 fully saturated rings. The molecule has 0 amide bonds. The smallest absolute Gasteiger partial charge is 0.209 e. The Morgan fingerprint density at radius 1 is 1.18 bits per heavy atom. The second-order valence-corrected chi connectivity index (χ2v) is 12.8. The highest BCUT2D eigenvalue weighted by Crippen LogP contribution is 2.41.